The van der Waals surface area contributed by atoms with E-state index in [0.717, 1.165) is 17.8 Å². The summed E-state index contributed by atoms with van der Waals surface area (Å²) in [6, 6.07) is 4.48. The standard InChI is InChI=1S/C12H14N2S/c1-8-5-10-11(6-9(8)2)14-3-4-15-7-12(14)13-10/h5-6H,3-4,7H2,1-2H3. The molecule has 1 aromatic heterocycles. The highest BCUT2D eigenvalue weighted by atomic mass is 32.2. The van der Waals surface area contributed by atoms with Crippen molar-refractivity contribution in [2.45, 2.75) is 26.1 Å². The fourth-order valence-electron chi connectivity index (χ4n) is 2.11. The van der Waals surface area contributed by atoms with Gasteiger partial charge in [0.25, 0.3) is 0 Å². The van der Waals surface area contributed by atoms with Gasteiger partial charge >= 0.3 is 0 Å². The van der Waals surface area contributed by atoms with Gasteiger partial charge in [-0.05, 0) is 37.1 Å². The summed E-state index contributed by atoms with van der Waals surface area (Å²) in [6.07, 6.45) is 0. The lowest BCUT2D eigenvalue weighted by Gasteiger charge is -2.13. The first kappa shape index (κ1) is 9.28. The second-order valence-electron chi connectivity index (χ2n) is 4.16. The minimum absolute atomic E-state index is 1.06. The van der Waals surface area contributed by atoms with Gasteiger partial charge in [0.2, 0.25) is 0 Å². The molecule has 3 rings (SSSR count). The molecule has 78 valence electrons. The Balaban J connectivity index is 2.33. The van der Waals surface area contributed by atoms with Crippen LogP contribution in [-0.2, 0) is 12.3 Å². The summed E-state index contributed by atoms with van der Waals surface area (Å²) in [5.41, 5.74) is 5.18. The second-order valence-corrected chi connectivity index (χ2v) is 5.26. The number of rotatable bonds is 0. The molecule has 2 heterocycles. The van der Waals surface area contributed by atoms with Gasteiger partial charge in [0, 0.05) is 12.3 Å². The van der Waals surface area contributed by atoms with Crippen LogP contribution in [0.2, 0.25) is 0 Å². The van der Waals surface area contributed by atoms with Crippen LogP contribution in [0.4, 0.5) is 0 Å². The maximum absolute atomic E-state index is 4.70. The lowest BCUT2D eigenvalue weighted by molar-refractivity contribution is 0.740. The number of aryl methyl sites for hydroxylation is 3. The van der Waals surface area contributed by atoms with Crippen LogP contribution in [-0.4, -0.2) is 15.3 Å². The molecule has 2 nitrogen and oxygen atoms in total. The fourth-order valence-corrected chi connectivity index (χ4v) is 2.97. The summed E-state index contributed by atoms with van der Waals surface area (Å²) in [4.78, 5) is 4.70. The first-order chi connectivity index (χ1) is 7.25. The van der Waals surface area contributed by atoms with Crippen molar-refractivity contribution in [1.82, 2.24) is 9.55 Å². The van der Waals surface area contributed by atoms with Crippen molar-refractivity contribution in [3.8, 4) is 0 Å². The molecule has 0 saturated heterocycles. The maximum atomic E-state index is 4.70. The van der Waals surface area contributed by atoms with Crippen LogP contribution < -0.4 is 0 Å². The van der Waals surface area contributed by atoms with Crippen molar-refractivity contribution in [2.75, 3.05) is 5.75 Å². The Kier molecular flexibility index (Phi) is 2.02. The zero-order chi connectivity index (χ0) is 10.4. The number of nitrogens with zero attached hydrogens (tertiary/aromatic N) is 2. The lowest BCUT2D eigenvalue weighted by Crippen LogP contribution is -2.10. The van der Waals surface area contributed by atoms with Gasteiger partial charge in [-0.2, -0.15) is 11.8 Å². The topological polar surface area (TPSA) is 17.8 Å². The molecule has 0 atom stereocenters. The maximum Gasteiger partial charge on any atom is 0.119 e. The van der Waals surface area contributed by atoms with Gasteiger partial charge in [0.05, 0.1) is 16.8 Å². The van der Waals surface area contributed by atoms with Gasteiger partial charge in [-0.25, -0.2) is 4.98 Å². The molecule has 0 fully saturated rings. The molecule has 0 N–H and O–H groups in total. The first-order valence-corrected chi connectivity index (χ1v) is 6.45. The summed E-state index contributed by atoms with van der Waals surface area (Å²) in [7, 11) is 0. The van der Waals surface area contributed by atoms with Crippen LogP contribution in [0, 0.1) is 13.8 Å². The lowest BCUT2D eigenvalue weighted by atomic mass is 10.1. The van der Waals surface area contributed by atoms with Crippen molar-refractivity contribution in [3.63, 3.8) is 0 Å². The first-order valence-electron chi connectivity index (χ1n) is 5.30. The van der Waals surface area contributed by atoms with E-state index >= 15 is 0 Å². The van der Waals surface area contributed by atoms with Crippen LogP contribution in [0.5, 0.6) is 0 Å². The number of hydrogen-bond donors (Lipinski definition) is 0. The van der Waals surface area contributed by atoms with Crippen LogP contribution >= 0.6 is 11.8 Å². The summed E-state index contributed by atoms with van der Waals surface area (Å²) < 4.78 is 2.37. The van der Waals surface area contributed by atoms with E-state index in [1.807, 2.05) is 11.8 Å². The molecule has 3 heteroatoms. The second kappa shape index (κ2) is 3.27. The highest BCUT2D eigenvalue weighted by Crippen LogP contribution is 2.26. The Hall–Kier alpha value is -0.960. The Morgan fingerprint density at radius 1 is 1.27 bits per heavy atom. The molecule has 15 heavy (non-hydrogen) atoms. The third kappa shape index (κ3) is 1.37. The molecule has 0 spiro atoms. The number of benzene rings is 1. The van der Waals surface area contributed by atoms with Crippen LogP contribution in [0.15, 0.2) is 12.1 Å². The molecule has 0 unspecified atom stereocenters. The van der Waals surface area contributed by atoms with Crippen LogP contribution in [0.25, 0.3) is 11.0 Å². The Bertz CT molecular complexity index is 528. The quantitative estimate of drug-likeness (QED) is 0.676. The van der Waals surface area contributed by atoms with Crippen molar-refractivity contribution in [3.05, 3.63) is 29.1 Å². The van der Waals surface area contributed by atoms with E-state index in [2.05, 4.69) is 30.5 Å². The van der Waals surface area contributed by atoms with E-state index in [-0.39, 0.29) is 0 Å². The van der Waals surface area contributed by atoms with E-state index in [0.29, 0.717) is 0 Å². The highest BCUT2D eigenvalue weighted by Gasteiger charge is 2.14. The minimum atomic E-state index is 1.06. The van der Waals surface area contributed by atoms with Gasteiger partial charge in [0.1, 0.15) is 5.82 Å². The Labute approximate surface area is 93.7 Å². The SMILES string of the molecule is Cc1cc2nc3n(c2cc1C)CCSC3. The van der Waals surface area contributed by atoms with Gasteiger partial charge in [-0.3, -0.25) is 0 Å². The van der Waals surface area contributed by atoms with E-state index in [1.54, 1.807) is 0 Å². The fraction of sp³-hybridized carbons (Fsp3) is 0.417. The molecule has 0 radical (unpaired) electrons. The molecule has 0 amide bonds. The van der Waals surface area contributed by atoms with E-state index in [1.165, 1.54) is 28.2 Å². The summed E-state index contributed by atoms with van der Waals surface area (Å²) in [5, 5.41) is 0. The summed E-state index contributed by atoms with van der Waals surface area (Å²) >= 11 is 1.98. The number of fused-ring (bicyclic) bond motifs is 3. The molecule has 1 aromatic carbocycles. The van der Waals surface area contributed by atoms with E-state index < -0.39 is 0 Å². The molecule has 0 bridgehead atoms. The van der Waals surface area contributed by atoms with E-state index in [4.69, 9.17) is 4.98 Å². The molecular formula is C12H14N2S. The molecule has 1 aliphatic rings. The van der Waals surface area contributed by atoms with Crippen molar-refractivity contribution >= 4 is 22.8 Å². The monoisotopic (exact) mass is 218 g/mol. The molecule has 2 aromatic rings. The normalized spacial score (nSPS) is 15.6. The number of thioether (sulfide) groups is 1. The number of imidazole rings is 1. The van der Waals surface area contributed by atoms with Crippen molar-refractivity contribution < 1.29 is 0 Å². The average molecular weight is 218 g/mol. The molecular weight excluding hydrogens is 204 g/mol. The summed E-state index contributed by atoms with van der Waals surface area (Å²) in [6.45, 7) is 5.44. The minimum Gasteiger partial charge on any atom is -0.326 e. The largest absolute Gasteiger partial charge is 0.326 e. The Morgan fingerprint density at radius 3 is 2.93 bits per heavy atom. The zero-order valence-corrected chi connectivity index (χ0v) is 9.90. The van der Waals surface area contributed by atoms with Gasteiger partial charge in [-0.1, -0.05) is 0 Å². The van der Waals surface area contributed by atoms with Gasteiger partial charge in [-0.15, -0.1) is 0 Å². The van der Waals surface area contributed by atoms with Crippen molar-refractivity contribution in [2.24, 2.45) is 0 Å². The number of aromatic nitrogens is 2. The predicted molar refractivity (Wildman–Crippen MR) is 65.4 cm³/mol. The van der Waals surface area contributed by atoms with Crippen molar-refractivity contribution in [1.29, 1.82) is 0 Å². The zero-order valence-electron chi connectivity index (χ0n) is 9.08. The summed E-state index contributed by atoms with van der Waals surface area (Å²) in [5.74, 6) is 3.52. The highest BCUT2D eigenvalue weighted by molar-refractivity contribution is 7.98. The van der Waals surface area contributed by atoms with Gasteiger partial charge in [0.15, 0.2) is 0 Å². The third-order valence-electron chi connectivity index (χ3n) is 3.13. The van der Waals surface area contributed by atoms with E-state index in [9.17, 15) is 0 Å². The third-order valence-corrected chi connectivity index (χ3v) is 4.07. The Morgan fingerprint density at radius 2 is 2.07 bits per heavy atom. The smallest absolute Gasteiger partial charge is 0.119 e. The molecule has 0 saturated carbocycles. The predicted octanol–water partition coefficient (Wildman–Crippen LogP) is 2.90. The van der Waals surface area contributed by atoms with Gasteiger partial charge < -0.3 is 4.57 Å². The molecule has 0 aliphatic carbocycles. The number of hydrogen-bond acceptors (Lipinski definition) is 2. The van der Waals surface area contributed by atoms with Crippen LogP contribution in [0.3, 0.4) is 0 Å². The average Bonchev–Trinajstić information content (AvgIpc) is 2.57. The molecule has 1 aliphatic heterocycles. The van der Waals surface area contributed by atoms with Crippen LogP contribution in [0.1, 0.15) is 17.0 Å².